The maximum Gasteiger partial charge on any atom is 0.253 e. The number of carbonyl (C=O) groups is 1. The number of para-hydroxylation sites is 1. The maximum absolute atomic E-state index is 14.2. The van der Waals surface area contributed by atoms with E-state index < -0.39 is 0 Å². The summed E-state index contributed by atoms with van der Waals surface area (Å²) in [6.07, 6.45) is 3.38. The van der Waals surface area contributed by atoms with Crippen molar-refractivity contribution in [2.75, 3.05) is 31.1 Å². The van der Waals surface area contributed by atoms with Crippen LogP contribution in [0.3, 0.4) is 0 Å². The lowest BCUT2D eigenvalue weighted by atomic mass is 10.1. The fourth-order valence-electron chi connectivity index (χ4n) is 4.81. The highest BCUT2D eigenvalue weighted by atomic mass is 32.2. The standard InChI is InChI=1S/C31H26F2N6OS/c32-25-9-11-26(12-10-25)39-29(23-13-15-34-16-14-23)35-36-31(39)41-21-22-5-7-24(8-6-22)30(40)38-19-17-37(18-20-38)28-4-2-1-3-27(28)33/h1-16H,17-21H2. The lowest BCUT2D eigenvalue weighted by Gasteiger charge is -2.36. The molecule has 0 N–H and O–H groups in total. The van der Waals surface area contributed by atoms with Gasteiger partial charge in [-0.25, -0.2) is 8.78 Å². The molecular weight excluding hydrogens is 542 g/mol. The molecule has 1 aliphatic rings. The fourth-order valence-corrected chi connectivity index (χ4v) is 5.71. The van der Waals surface area contributed by atoms with E-state index in [1.165, 1.54) is 30.0 Å². The third-order valence-electron chi connectivity index (χ3n) is 6.99. The number of hydrogen-bond acceptors (Lipinski definition) is 6. The van der Waals surface area contributed by atoms with Crippen LogP contribution in [0.2, 0.25) is 0 Å². The minimum atomic E-state index is -0.317. The van der Waals surface area contributed by atoms with Crippen LogP contribution in [-0.2, 0) is 5.75 Å². The second kappa shape index (κ2) is 11.9. The zero-order chi connectivity index (χ0) is 28.2. The molecule has 206 valence electrons. The van der Waals surface area contributed by atoms with E-state index in [-0.39, 0.29) is 17.5 Å². The van der Waals surface area contributed by atoms with Crippen LogP contribution in [0.25, 0.3) is 17.1 Å². The Balaban J connectivity index is 1.12. The number of benzene rings is 3. The van der Waals surface area contributed by atoms with E-state index in [1.54, 1.807) is 36.7 Å². The molecule has 0 aliphatic carbocycles. The number of halogens is 2. The highest BCUT2D eigenvalue weighted by Gasteiger charge is 2.24. The van der Waals surface area contributed by atoms with Gasteiger partial charge in [0.2, 0.25) is 0 Å². The summed E-state index contributed by atoms with van der Waals surface area (Å²) < 4.78 is 29.7. The number of amides is 1. The van der Waals surface area contributed by atoms with Crippen molar-refractivity contribution in [1.82, 2.24) is 24.6 Å². The van der Waals surface area contributed by atoms with Gasteiger partial charge in [0, 0.05) is 61.1 Å². The van der Waals surface area contributed by atoms with Crippen LogP contribution in [0.15, 0.2) is 102 Å². The van der Waals surface area contributed by atoms with Crippen molar-refractivity contribution in [3.05, 3.63) is 120 Å². The molecule has 5 aromatic rings. The molecule has 3 aromatic carbocycles. The number of nitrogens with zero attached hydrogens (tertiary/aromatic N) is 6. The van der Waals surface area contributed by atoms with Crippen molar-refractivity contribution < 1.29 is 13.6 Å². The van der Waals surface area contributed by atoms with E-state index in [4.69, 9.17) is 0 Å². The van der Waals surface area contributed by atoms with Gasteiger partial charge in [-0.05, 0) is 66.2 Å². The van der Waals surface area contributed by atoms with Gasteiger partial charge in [0.25, 0.3) is 5.91 Å². The first kappa shape index (κ1) is 26.6. The van der Waals surface area contributed by atoms with Crippen molar-refractivity contribution in [3.8, 4) is 17.1 Å². The Labute approximate surface area is 240 Å². The number of pyridine rings is 1. The highest BCUT2D eigenvalue weighted by molar-refractivity contribution is 7.98. The largest absolute Gasteiger partial charge is 0.366 e. The van der Waals surface area contributed by atoms with Gasteiger partial charge in [-0.1, -0.05) is 36.0 Å². The van der Waals surface area contributed by atoms with Crippen molar-refractivity contribution in [2.45, 2.75) is 10.9 Å². The summed E-state index contributed by atoms with van der Waals surface area (Å²) in [5.41, 5.74) is 3.82. The number of piperazine rings is 1. The molecule has 3 heterocycles. The minimum Gasteiger partial charge on any atom is -0.366 e. The molecule has 1 aliphatic heterocycles. The molecule has 0 spiro atoms. The molecule has 7 nitrogen and oxygen atoms in total. The Morgan fingerprint density at radius 3 is 2.22 bits per heavy atom. The van der Waals surface area contributed by atoms with Crippen LogP contribution in [0.4, 0.5) is 14.5 Å². The van der Waals surface area contributed by atoms with Crippen molar-refractivity contribution in [2.24, 2.45) is 0 Å². The summed E-state index contributed by atoms with van der Waals surface area (Å²) in [6.45, 7) is 2.22. The van der Waals surface area contributed by atoms with Gasteiger partial charge >= 0.3 is 0 Å². The van der Waals surface area contributed by atoms with Crippen LogP contribution >= 0.6 is 11.8 Å². The Kier molecular flexibility index (Phi) is 7.73. The number of rotatable bonds is 7. The fraction of sp³-hybridized carbons (Fsp3) is 0.161. The maximum atomic E-state index is 14.2. The molecule has 0 atom stereocenters. The summed E-state index contributed by atoms with van der Waals surface area (Å²) in [6, 6.07) is 24.2. The molecule has 1 amide bonds. The number of aromatic nitrogens is 4. The van der Waals surface area contributed by atoms with Gasteiger partial charge < -0.3 is 9.80 Å². The zero-order valence-corrected chi connectivity index (χ0v) is 22.8. The van der Waals surface area contributed by atoms with Crippen LogP contribution in [0.1, 0.15) is 15.9 Å². The molecule has 0 unspecified atom stereocenters. The number of anilines is 1. The Bertz CT molecular complexity index is 1640. The molecule has 1 saturated heterocycles. The van der Waals surface area contributed by atoms with Gasteiger partial charge in [-0.3, -0.25) is 14.3 Å². The summed E-state index contributed by atoms with van der Waals surface area (Å²) in [5, 5.41) is 9.50. The predicted molar refractivity (Wildman–Crippen MR) is 155 cm³/mol. The third-order valence-corrected chi connectivity index (χ3v) is 7.99. The zero-order valence-electron chi connectivity index (χ0n) is 22.0. The summed E-state index contributed by atoms with van der Waals surface area (Å²) in [5.74, 6) is 0.646. The van der Waals surface area contributed by atoms with E-state index >= 15 is 0 Å². The van der Waals surface area contributed by atoms with Crippen LogP contribution in [0.5, 0.6) is 0 Å². The van der Waals surface area contributed by atoms with Crippen molar-refractivity contribution in [1.29, 1.82) is 0 Å². The monoisotopic (exact) mass is 568 g/mol. The van der Waals surface area contributed by atoms with Gasteiger partial charge in [-0.15, -0.1) is 10.2 Å². The Morgan fingerprint density at radius 2 is 1.51 bits per heavy atom. The second-order valence-electron chi connectivity index (χ2n) is 9.57. The van der Waals surface area contributed by atoms with Gasteiger partial charge in [0.15, 0.2) is 11.0 Å². The minimum absolute atomic E-state index is 0.0320. The van der Waals surface area contributed by atoms with Gasteiger partial charge in [-0.2, -0.15) is 0 Å². The summed E-state index contributed by atoms with van der Waals surface area (Å²) in [4.78, 5) is 21.0. The molecular formula is C31H26F2N6OS. The smallest absolute Gasteiger partial charge is 0.253 e. The first-order chi connectivity index (χ1) is 20.1. The molecule has 0 saturated carbocycles. The molecule has 2 aromatic heterocycles. The predicted octanol–water partition coefficient (Wildman–Crippen LogP) is 5.86. The van der Waals surface area contributed by atoms with E-state index in [0.29, 0.717) is 54.2 Å². The average molecular weight is 569 g/mol. The third kappa shape index (κ3) is 5.83. The number of carbonyl (C=O) groups excluding carboxylic acids is 1. The van der Waals surface area contributed by atoms with Gasteiger partial charge in [0.05, 0.1) is 5.69 Å². The second-order valence-corrected chi connectivity index (χ2v) is 10.5. The molecule has 0 radical (unpaired) electrons. The van der Waals surface area contributed by atoms with E-state index in [0.717, 1.165) is 16.8 Å². The van der Waals surface area contributed by atoms with Crippen molar-refractivity contribution in [3.63, 3.8) is 0 Å². The van der Waals surface area contributed by atoms with E-state index in [2.05, 4.69) is 15.2 Å². The molecule has 6 rings (SSSR count). The van der Waals surface area contributed by atoms with Crippen LogP contribution < -0.4 is 4.90 Å². The van der Waals surface area contributed by atoms with Crippen LogP contribution in [0, 0.1) is 11.6 Å². The van der Waals surface area contributed by atoms with E-state index in [1.807, 2.05) is 56.8 Å². The average Bonchev–Trinajstić information content (AvgIpc) is 3.45. The first-order valence-corrected chi connectivity index (χ1v) is 14.2. The topological polar surface area (TPSA) is 67.2 Å². The first-order valence-electron chi connectivity index (χ1n) is 13.2. The summed E-state index contributed by atoms with van der Waals surface area (Å²) >= 11 is 1.50. The Morgan fingerprint density at radius 1 is 0.805 bits per heavy atom. The molecule has 10 heteroatoms. The molecule has 41 heavy (non-hydrogen) atoms. The van der Waals surface area contributed by atoms with Crippen molar-refractivity contribution >= 4 is 23.4 Å². The van der Waals surface area contributed by atoms with E-state index in [9.17, 15) is 13.6 Å². The SMILES string of the molecule is O=C(c1ccc(CSc2nnc(-c3ccncc3)n2-c2ccc(F)cc2)cc1)N1CCN(c2ccccc2F)CC1. The number of hydrogen-bond donors (Lipinski definition) is 0. The quantitative estimate of drug-likeness (QED) is 0.229. The van der Waals surface area contributed by atoms with Gasteiger partial charge in [0.1, 0.15) is 11.6 Å². The molecule has 0 bridgehead atoms. The van der Waals surface area contributed by atoms with Crippen LogP contribution in [-0.4, -0.2) is 56.7 Å². The molecule has 1 fully saturated rings. The Hall–Kier alpha value is -4.57. The normalized spacial score (nSPS) is 13.4. The lowest BCUT2D eigenvalue weighted by Crippen LogP contribution is -2.49. The summed E-state index contributed by atoms with van der Waals surface area (Å²) in [7, 11) is 0. The highest BCUT2D eigenvalue weighted by Crippen LogP contribution is 2.30. The lowest BCUT2D eigenvalue weighted by molar-refractivity contribution is 0.0746. The number of thioether (sulfide) groups is 1.